The molecule has 0 aliphatic rings. The summed E-state index contributed by atoms with van der Waals surface area (Å²) in [7, 11) is 0. The van der Waals surface area contributed by atoms with Crippen molar-refractivity contribution in [1.29, 1.82) is 0 Å². The highest BCUT2D eigenvalue weighted by molar-refractivity contribution is 6.23. The summed E-state index contributed by atoms with van der Waals surface area (Å²) in [6.07, 6.45) is 0.501. The third-order valence-corrected chi connectivity index (χ3v) is 1.47. The van der Waals surface area contributed by atoms with Crippen molar-refractivity contribution in [2.24, 2.45) is 5.18 Å². The topological polar surface area (TPSA) is 49.7 Å². The third kappa shape index (κ3) is 4.70. The number of aliphatic hydroxyl groups is 1. The Hall–Kier alpha value is -0.150. The van der Waals surface area contributed by atoms with Crippen LogP contribution in [-0.4, -0.2) is 16.2 Å². The monoisotopic (exact) mass is 165 g/mol. The molecule has 0 aromatic rings. The van der Waals surface area contributed by atoms with E-state index in [2.05, 4.69) is 5.18 Å². The van der Waals surface area contributed by atoms with Gasteiger partial charge in [0.2, 0.25) is 0 Å². The van der Waals surface area contributed by atoms with E-state index in [0.29, 0.717) is 12.8 Å². The average Bonchev–Trinajstić information content (AvgIpc) is 1.85. The summed E-state index contributed by atoms with van der Waals surface area (Å²) in [5.74, 6) is 0. The third-order valence-electron chi connectivity index (χ3n) is 1.21. The van der Waals surface area contributed by atoms with Crippen LogP contribution in [-0.2, 0) is 0 Å². The molecule has 0 radical (unpaired) electrons. The van der Waals surface area contributed by atoms with Gasteiger partial charge < -0.3 is 5.11 Å². The molecular formula is C6H12ClNO2. The van der Waals surface area contributed by atoms with Crippen LogP contribution < -0.4 is 0 Å². The quantitative estimate of drug-likeness (QED) is 0.393. The second-order valence-corrected chi connectivity index (χ2v) is 3.44. The normalized spacial score (nSPS) is 19.6. The SMILES string of the molecule is CC(O)CCC(C)(Cl)N=O. The van der Waals surface area contributed by atoms with E-state index < -0.39 is 11.1 Å². The lowest BCUT2D eigenvalue weighted by molar-refractivity contribution is 0.177. The Kier molecular flexibility index (Phi) is 3.83. The van der Waals surface area contributed by atoms with Gasteiger partial charge in [0.25, 0.3) is 0 Å². The predicted octanol–water partition coefficient (Wildman–Crippen LogP) is 1.87. The van der Waals surface area contributed by atoms with Gasteiger partial charge in [0.05, 0.1) is 6.10 Å². The molecule has 4 heteroatoms. The van der Waals surface area contributed by atoms with Crippen molar-refractivity contribution in [2.75, 3.05) is 0 Å². The van der Waals surface area contributed by atoms with Gasteiger partial charge >= 0.3 is 0 Å². The van der Waals surface area contributed by atoms with Crippen LogP contribution in [0, 0.1) is 4.91 Å². The summed E-state index contributed by atoms with van der Waals surface area (Å²) in [6, 6.07) is 0. The number of aliphatic hydroxyl groups excluding tert-OH is 1. The summed E-state index contributed by atoms with van der Waals surface area (Å²) in [4.78, 5) is 8.93. The molecule has 0 aromatic heterocycles. The standard InChI is InChI=1S/C6H12ClNO2/c1-5(9)3-4-6(2,7)8-10/h5,9H,3-4H2,1-2H3. The fourth-order valence-corrected chi connectivity index (χ4v) is 0.627. The lowest BCUT2D eigenvalue weighted by atomic mass is 10.1. The Balaban J connectivity index is 3.56. The van der Waals surface area contributed by atoms with Crippen molar-refractivity contribution in [3.63, 3.8) is 0 Å². The minimum atomic E-state index is -1.04. The van der Waals surface area contributed by atoms with E-state index in [1.807, 2.05) is 0 Å². The number of nitrogens with zero attached hydrogens (tertiary/aromatic N) is 1. The molecule has 0 aromatic carbocycles. The summed E-state index contributed by atoms with van der Waals surface area (Å²) < 4.78 is 0. The van der Waals surface area contributed by atoms with Crippen LogP contribution in [0.15, 0.2) is 5.18 Å². The highest BCUT2D eigenvalue weighted by Gasteiger charge is 2.21. The zero-order chi connectivity index (χ0) is 8.20. The van der Waals surface area contributed by atoms with E-state index in [4.69, 9.17) is 16.7 Å². The summed E-state index contributed by atoms with van der Waals surface area (Å²) in [5.41, 5.74) is 0. The van der Waals surface area contributed by atoms with E-state index in [1.165, 1.54) is 6.92 Å². The molecule has 0 saturated carbocycles. The molecule has 2 unspecified atom stereocenters. The first-order valence-corrected chi connectivity index (χ1v) is 3.57. The molecular weight excluding hydrogens is 154 g/mol. The van der Waals surface area contributed by atoms with Gasteiger partial charge in [-0.25, -0.2) is 0 Å². The number of nitroso groups, excluding NO2 is 1. The van der Waals surface area contributed by atoms with Crippen molar-refractivity contribution in [3.05, 3.63) is 4.91 Å². The summed E-state index contributed by atoms with van der Waals surface area (Å²) >= 11 is 5.57. The van der Waals surface area contributed by atoms with Crippen molar-refractivity contribution >= 4 is 11.6 Å². The van der Waals surface area contributed by atoms with Crippen molar-refractivity contribution in [1.82, 2.24) is 0 Å². The van der Waals surface area contributed by atoms with Crippen LogP contribution >= 0.6 is 11.6 Å². The molecule has 0 fully saturated rings. The van der Waals surface area contributed by atoms with Crippen molar-refractivity contribution < 1.29 is 5.11 Å². The van der Waals surface area contributed by atoms with Gasteiger partial charge in [-0.1, -0.05) is 11.6 Å². The Morgan fingerprint density at radius 3 is 2.60 bits per heavy atom. The van der Waals surface area contributed by atoms with Gasteiger partial charge in [-0.05, 0) is 31.9 Å². The van der Waals surface area contributed by atoms with Crippen LogP contribution in [0.2, 0.25) is 0 Å². The molecule has 10 heavy (non-hydrogen) atoms. The second kappa shape index (κ2) is 3.88. The lowest BCUT2D eigenvalue weighted by Crippen LogP contribution is -2.14. The predicted molar refractivity (Wildman–Crippen MR) is 41.0 cm³/mol. The van der Waals surface area contributed by atoms with Crippen LogP contribution in [0.25, 0.3) is 0 Å². The van der Waals surface area contributed by atoms with Gasteiger partial charge in [0.15, 0.2) is 5.00 Å². The van der Waals surface area contributed by atoms with Gasteiger partial charge in [-0.2, -0.15) is 0 Å². The minimum Gasteiger partial charge on any atom is -0.393 e. The molecule has 3 nitrogen and oxygen atoms in total. The largest absolute Gasteiger partial charge is 0.393 e. The van der Waals surface area contributed by atoms with E-state index in [1.54, 1.807) is 6.92 Å². The molecule has 0 aliphatic carbocycles. The van der Waals surface area contributed by atoms with Crippen molar-refractivity contribution in [2.45, 2.75) is 37.8 Å². The Morgan fingerprint density at radius 2 is 2.30 bits per heavy atom. The molecule has 0 amide bonds. The summed E-state index contributed by atoms with van der Waals surface area (Å²) in [6.45, 7) is 3.18. The molecule has 0 saturated heterocycles. The summed E-state index contributed by atoms with van der Waals surface area (Å²) in [5, 5.41) is 11.5. The maximum Gasteiger partial charge on any atom is 0.172 e. The van der Waals surface area contributed by atoms with E-state index in [0.717, 1.165) is 0 Å². The number of halogens is 1. The molecule has 0 heterocycles. The maximum absolute atomic E-state index is 9.98. The Morgan fingerprint density at radius 1 is 1.80 bits per heavy atom. The van der Waals surface area contributed by atoms with Gasteiger partial charge in [-0.15, -0.1) is 4.91 Å². The number of alkyl halides is 1. The smallest absolute Gasteiger partial charge is 0.172 e. The zero-order valence-corrected chi connectivity index (χ0v) is 6.93. The average molecular weight is 166 g/mol. The Bertz CT molecular complexity index is 114. The van der Waals surface area contributed by atoms with Gasteiger partial charge in [0, 0.05) is 0 Å². The van der Waals surface area contributed by atoms with E-state index in [-0.39, 0.29) is 0 Å². The molecule has 2 atom stereocenters. The molecule has 0 bridgehead atoms. The zero-order valence-electron chi connectivity index (χ0n) is 6.17. The number of hydrogen-bond acceptors (Lipinski definition) is 3. The second-order valence-electron chi connectivity index (χ2n) is 2.62. The Labute approximate surface area is 65.4 Å². The minimum absolute atomic E-state index is 0.412. The fraction of sp³-hybridized carbons (Fsp3) is 1.00. The van der Waals surface area contributed by atoms with E-state index in [9.17, 15) is 4.91 Å². The van der Waals surface area contributed by atoms with Crippen LogP contribution in [0.1, 0.15) is 26.7 Å². The molecule has 0 aliphatic heterocycles. The first-order valence-electron chi connectivity index (χ1n) is 3.19. The van der Waals surface area contributed by atoms with Crippen LogP contribution in [0.5, 0.6) is 0 Å². The maximum atomic E-state index is 9.98. The van der Waals surface area contributed by atoms with Gasteiger partial charge in [-0.3, -0.25) is 0 Å². The van der Waals surface area contributed by atoms with Crippen LogP contribution in [0.3, 0.4) is 0 Å². The van der Waals surface area contributed by atoms with E-state index >= 15 is 0 Å². The highest BCUT2D eigenvalue weighted by Crippen LogP contribution is 2.22. The first-order chi connectivity index (χ1) is 4.48. The molecule has 0 rings (SSSR count). The highest BCUT2D eigenvalue weighted by atomic mass is 35.5. The lowest BCUT2D eigenvalue weighted by Gasteiger charge is -2.12. The number of rotatable bonds is 4. The molecule has 1 N–H and O–H groups in total. The molecule has 0 spiro atoms. The molecule has 60 valence electrons. The van der Waals surface area contributed by atoms with Crippen LogP contribution in [0.4, 0.5) is 0 Å². The number of hydrogen-bond donors (Lipinski definition) is 1. The van der Waals surface area contributed by atoms with Gasteiger partial charge in [0.1, 0.15) is 0 Å². The first kappa shape index (κ1) is 9.85. The van der Waals surface area contributed by atoms with Crippen molar-refractivity contribution in [3.8, 4) is 0 Å². The fourth-order valence-electron chi connectivity index (χ4n) is 0.518.